The van der Waals surface area contributed by atoms with E-state index in [-0.39, 0.29) is 11.7 Å². The van der Waals surface area contributed by atoms with Gasteiger partial charge in [-0.15, -0.1) is 0 Å². The van der Waals surface area contributed by atoms with Crippen LogP contribution in [0.1, 0.15) is 25.8 Å². The Morgan fingerprint density at radius 1 is 1.47 bits per heavy atom. The molecular formula is C13H19FN2O. The van der Waals surface area contributed by atoms with Crippen molar-refractivity contribution in [3.8, 4) is 0 Å². The zero-order valence-corrected chi connectivity index (χ0v) is 10.5. The van der Waals surface area contributed by atoms with Crippen LogP contribution in [-0.4, -0.2) is 19.0 Å². The minimum Gasteiger partial charge on any atom is -0.326 e. The minimum absolute atomic E-state index is 0.182. The maximum Gasteiger partial charge on any atom is 0.221 e. The number of amides is 1. The summed E-state index contributed by atoms with van der Waals surface area (Å²) in [5.41, 5.74) is 1.53. The molecule has 0 fully saturated rings. The maximum atomic E-state index is 13.1. The van der Waals surface area contributed by atoms with Crippen LogP contribution < -0.4 is 10.6 Å². The number of rotatable bonds is 5. The third kappa shape index (κ3) is 4.53. The van der Waals surface area contributed by atoms with Crippen LogP contribution in [-0.2, 0) is 11.2 Å². The highest BCUT2D eigenvalue weighted by Crippen LogP contribution is 2.19. The summed E-state index contributed by atoms with van der Waals surface area (Å²) in [6.07, 6.45) is 1.74. The SMILES string of the molecule is CNC(C)CCc1ccc(F)cc1NC(C)=O. The van der Waals surface area contributed by atoms with E-state index in [1.165, 1.54) is 19.1 Å². The summed E-state index contributed by atoms with van der Waals surface area (Å²) in [4.78, 5) is 11.0. The van der Waals surface area contributed by atoms with Crippen molar-refractivity contribution in [1.82, 2.24) is 5.32 Å². The van der Waals surface area contributed by atoms with Crippen LogP contribution in [0, 0.1) is 5.82 Å². The molecule has 1 unspecified atom stereocenters. The molecule has 17 heavy (non-hydrogen) atoms. The summed E-state index contributed by atoms with van der Waals surface area (Å²) in [7, 11) is 1.91. The molecule has 0 aromatic heterocycles. The quantitative estimate of drug-likeness (QED) is 0.826. The number of benzene rings is 1. The number of hydrogen-bond donors (Lipinski definition) is 2. The average molecular weight is 238 g/mol. The minimum atomic E-state index is -0.334. The third-order valence-electron chi connectivity index (χ3n) is 2.72. The number of anilines is 1. The van der Waals surface area contributed by atoms with Crippen LogP contribution in [0.2, 0.25) is 0 Å². The highest BCUT2D eigenvalue weighted by Gasteiger charge is 2.07. The first kappa shape index (κ1) is 13.6. The topological polar surface area (TPSA) is 41.1 Å². The molecule has 1 aromatic carbocycles. The third-order valence-corrected chi connectivity index (χ3v) is 2.72. The molecule has 0 saturated heterocycles. The first-order valence-electron chi connectivity index (χ1n) is 5.76. The normalized spacial score (nSPS) is 12.2. The fourth-order valence-corrected chi connectivity index (χ4v) is 1.59. The fourth-order valence-electron chi connectivity index (χ4n) is 1.59. The Balaban J connectivity index is 2.78. The monoisotopic (exact) mass is 238 g/mol. The van der Waals surface area contributed by atoms with Crippen LogP contribution >= 0.6 is 0 Å². The van der Waals surface area contributed by atoms with Gasteiger partial charge >= 0.3 is 0 Å². The van der Waals surface area contributed by atoms with Gasteiger partial charge in [0.05, 0.1) is 0 Å². The summed E-state index contributed by atoms with van der Waals surface area (Å²) in [5.74, 6) is -0.516. The van der Waals surface area contributed by atoms with E-state index in [4.69, 9.17) is 0 Å². The number of carbonyl (C=O) groups is 1. The van der Waals surface area contributed by atoms with Gasteiger partial charge in [0.1, 0.15) is 5.82 Å². The Morgan fingerprint density at radius 2 is 2.18 bits per heavy atom. The van der Waals surface area contributed by atoms with E-state index in [2.05, 4.69) is 17.6 Å². The van der Waals surface area contributed by atoms with Crippen LogP contribution in [0.15, 0.2) is 18.2 Å². The average Bonchev–Trinajstić information content (AvgIpc) is 2.26. The molecule has 0 heterocycles. The number of halogens is 1. The molecule has 4 heteroatoms. The van der Waals surface area contributed by atoms with Crippen molar-refractivity contribution in [3.05, 3.63) is 29.6 Å². The Morgan fingerprint density at radius 3 is 2.76 bits per heavy atom. The standard InChI is InChI=1S/C13H19FN2O/c1-9(15-3)4-5-11-6-7-12(14)8-13(11)16-10(2)17/h6-9,15H,4-5H2,1-3H3,(H,16,17). The molecule has 3 nitrogen and oxygen atoms in total. The molecule has 0 saturated carbocycles. The molecule has 0 bridgehead atoms. The molecule has 1 amide bonds. The van der Waals surface area contributed by atoms with Crippen molar-refractivity contribution in [2.45, 2.75) is 32.7 Å². The Labute approximate surface area is 101 Å². The molecular weight excluding hydrogens is 219 g/mol. The summed E-state index contributed by atoms with van der Waals surface area (Å²) >= 11 is 0. The van der Waals surface area contributed by atoms with Gasteiger partial charge in [-0.25, -0.2) is 4.39 Å². The Kier molecular flexibility index (Phi) is 5.10. The number of hydrogen-bond acceptors (Lipinski definition) is 2. The van der Waals surface area contributed by atoms with E-state index in [1.54, 1.807) is 6.07 Å². The van der Waals surface area contributed by atoms with Crippen LogP contribution in [0.4, 0.5) is 10.1 Å². The van der Waals surface area contributed by atoms with Crippen molar-refractivity contribution >= 4 is 11.6 Å². The van der Waals surface area contributed by atoms with Gasteiger partial charge in [-0.05, 0) is 44.5 Å². The second-order valence-electron chi connectivity index (χ2n) is 4.21. The first-order chi connectivity index (χ1) is 8.02. The van der Waals surface area contributed by atoms with Crippen molar-refractivity contribution in [2.24, 2.45) is 0 Å². The first-order valence-corrected chi connectivity index (χ1v) is 5.76. The molecule has 0 aliphatic rings. The fraction of sp³-hybridized carbons (Fsp3) is 0.462. The van der Waals surface area contributed by atoms with E-state index in [0.29, 0.717) is 11.7 Å². The number of aryl methyl sites for hydroxylation is 1. The molecule has 2 N–H and O–H groups in total. The van der Waals surface area contributed by atoms with Gasteiger partial charge in [-0.3, -0.25) is 4.79 Å². The summed E-state index contributed by atoms with van der Waals surface area (Å²) in [6, 6.07) is 4.90. The van der Waals surface area contributed by atoms with E-state index >= 15 is 0 Å². The lowest BCUT2D eigenvalue weighted by molar-refractivity contribution is -0.114. The highest BCUT2D eigenvalue weighted by molar-refractivity contribution is 5.89. The molecule has 0 spiro atoms. The largest absolute Gasteiger partial charge is 0.326 e. The molecule has 1 atom stereocenters. The van der Waals surface area contributed by atoms with Crippen LogP contribution in [0.5, 0.6) is 0 Å². The van der Waals surface area contributed by atoms with Gasteiger partial charge in [0.2, 0.25) is 5.91 Å². The van der Waals surface area contributed by atoms with Gasteiger partial charge in [0.15, 0.2) is 0 Å². The zero-order valence-electron chi connectivity index (χ0n) is 10.5. The lowest BCUT2D eigenvalue weighted by Gasteiger charge is -2.13. The van der Waals surface area contributed by atoms with Gasteiger partial charge in [-0.2, -0.15) is 0 Å². The second-order valence-corrected chi connectivity index (χ2v) is 4.21. The zero-order chi connectivity index (χ0) is 12.8. The van der Waals surface area contributed by atoms with Gasteiger partial charge in [0, 0.05) is 18.7 Å². The second kappa shape index (κ2) is 6.35. The van der Waals surface area contributed by atoms with E-state index < -0.39 is 0 Å². The highest BCUT2D eigenvalue weighted by atomic mass is 19.1. The van der Waals surface area contributed by atoms with E-state index in [1.807, 2.05) is 7.05 Å². The molecule has 0 aliphatic heterocycles. The van der Waals surface area contributed by atoms with Crippen LogP contribution in [0.25, 0.3) is 0 Å². The van der Waals surface area contributed by atoms with E-state index in [0.717, 1.165) is 18.4 Å². The van der Waals surface area contributed by atoms with Crippen molar-refractivity contribution in [2.75, 3.05) is 12.4 Å². The van der Waals surface area contributed by atoms with Crippen molar-refractivity contribution in [1.29, 1.82) is 0 Å². The molecule has 0 radical (unpaired) electrons. The molecule has 0 aliphatic carbocycles. The number of carbonyl (C=O) groups excluding carboxylic acids is 1. The lowest BCUT2D eigenvalue weighted by atomic mass is 10.0. The summed E-state index contributed by atoms with van der Waals surface area (Å²) in [6.45, 7) is 3.51. The predicted octanol–water partition coefficient (Wildman–Crippen LogP) is 2.32. The van der Waals surface area contributed by atoms with Crippen molar-refractivity contribution in [3.63, 3.8) is 0 Å². The van der Waals surface area contributed by atoms with Gasteiger partial charge < -0.3 is 10.6 Å². The Hall–Kier alpha value is -1.42. The molecule has 1 aromatic rings. The molecule has 1 rings (SSSR count). The molecule has 94 valence electrons. The lowest BCUT2D eigenvalue weighted by Crippen LogP contribution is -2.21. The number of nitrogens with one attached hydrogen (secondary N) is 2. The summed E-state index contributed by atoms with van der Waals surface area (Å²) < 4.78 is 13.1. The van der Waals surface area contributed by atoms with Gasteiger partial charge in [-0.1, -0.05) is 6.07 Å². The van der Waals surface area contributed by atoms with E-state index in [9.17, 15) is 9.18 Å². The summed E-state index contributed by atoms with van der Waals surface area (Å²) in [5, 5.41) is 5.80. The Bertz CT molecular complexity index is 393. The maximum absolute atomic E-state index is 13.1. The van der Waals surface area contributed by atoms with Gasteiger partial charge in [0.25, 0.3) is 0 Å². The smallest absolute Gasteiger partial charge is 0.221 e. The van der Waals surface area contributed by atoms with Crippen molar-refractivity contribution < 1.29 is 9.18 Å². The van der Waals surface area contributed by atoms with Crippen LogP contribution in [0.3, 0.4) is 0 Å². The predicted molar refractivity (Wildman–Crippen MR) is 67.5 cm³/mol.